The monoisotopic (exact) mass is 270 g/mol. The number of nitrogens with one attached hydrogen (secondary N) is 2. The maximum absolute atomic E-state index is 12.5. The Kier molecular flexibility index (Phi) is 3.36. The Bertz CT molecular complexity index is 635. The van der Waals surface area contributed by atoms with Crippen LogP contribution in [0.1, 0.15) is 26.2 Å². The molecule has 5 nitrogen and oxygen atoms in total. The number of amides is 1. The van der Waals surface area contributed by atoms with E-state index >= 15 is 0 Å². The summed E-state index contributed by atoms with van der Waals surface area (Å²) in [6.45, 7) is 2.95. The minimum absolute atomic E-state index is 0.0424. The summed E-state index contributed by atoms with van der Waals surface area (Å²) in [5.41, 5.74) is 1.96. The van der Waals surface area contributed by atoms with Gasteiger partial charge in [-0.25, -0.2) is 0 Å². The number of fused-ring (bicyclic) bond motifs is 1. The Labute approximate surface area is 117 Å². The third kappa shape index (κ3) is 2.25. The van der Waals surface area contributed by atoms with Crippen molar-refractivity contribution in [1.29, 1.82) is 0 Å². The van der Waals surface area contributed by atoms with E-state index < -0.39 is 5.54 Å². The zero-order valence-corrected chi connectivity index (χ0v) is 11.5. The molecular weight excluding hydrogens is 252 g/mol. The highest BCUT2D eigenvalue weighted by Gasteiger charge is 2.39. The van der Waals surface area contributed by atoms with E-state index in [0.29, 0.717) is 0 Å². The van der Waals surface area contributed by atoms with Gasteiger partial charge in [0.05, 0.1) is 16.6 Å². The molecule has 1 unspecified atom stereocenters. The maximum Gasteiger partial charge on any atom is 0.244 e. The van der Waals surface area contributed by atoms with Crippen molar-refractivity contribution in [3.8, 4) is 0 Å². The van der Waals surface area contributed by atoms with Crippen molar-refractivity contribution < 1.29 is 4.79 Å². The van der Waals surface area contributed by atoms with E-state index in [-0.39, 0.29) is 5.91 Å². The molecule has 3 rings (SSSR count). The Hall–Kier alpha value is -2.01. The quantitative estimate of drug-likeness (QED) is 0.896. The molecule has 0 radical (unpaired) electrons. The number of rotatable bonds is 3. The first kappa shape index (κ1) is 13.0. The van der Waals surface area contributed by atoms with Crippen LogP contribution in [0.2, 0.25) is 0 Å². The van der Waals surface area contributed by atoms with Crippen molar-refractivity contribution >= 4 is 22.6 Å². The summed E-state index contributed by atoms with van der Waals surface area (Å²) >= 11 is 0. The molecule has 2 N–H and O–H groups in total. The summed E-state index contributed by atoms with van der Waals surface area (Å²) in [6, 6.07) is 5.60. The Morgan fingerprint density at radius 2 is 2.15 bits per heavy atom. The Morgan fingerprint density at radius 1 is 1.35 bits per heavy atom. The third-order valence-electron chi connectivity index (χ3n) is 4.01. The topological polar surface area (TPSA) is 66.9 Å². The second kappa shape index (κ2) is 5.17. The number of nitrogens with zero attached hydrogens (tertiary/aromatic N) is 2. The molecule has 2 aromatic rings. The first-order valence-electron chi connectivity index (χ1n) is 7.01. The van der Waals surface area contributed by atoms with Crippen LogP contribution in [0.5, 0.6) is 0 Å². The van der Waals surface area contributed by atoms with Crippen molar-refractivity contribution in [2.75, 3.05) is 11.9 Å². The van der Waals surface area contributed by atoms with Crippen molar-refractivity contribution in [2.45, 2.75) is 31.7 Å². The summed E-state index contributed by atoms with van der Waals surface area (Å²) < 4.78 is 0. The smallest absolute Gasteiger partial charge is 0.244 e. The van der Waals surface area contributed by atoms with E-state index in [9.17, 15) is 4.79 Å². The van der Waals surface area contributed by atoms with Crippen LogP contribution in [-0.4, -0.2) is 28.0 Å². The molecule has 5 heteroatoms. The number of aromatic nitrogens is 2. The van der Waals surface area contributed by atoms with Crippen LogP contribution in [0.25, 0.3) is 11.0 Å². The Balaban J connectivity index is 1.83. The van der Waals surface area contributed by atoms with Gasteiger partial charge in [-0.05, 0) is 44.0 Å². The fourth-order valence-corrected chi connectivity index (χ4v) is 2.75. The van der Waals surface area contributed by atoms with Gasteiger partial charge >= 0.3 is 0 Å². The molecule has 1 saturated heterocycles. The second-order valence-corrected chi connectivity index (χ2v) is 5.18. The second-order valence-electron chi connectivity index (χ2n) is 5.18. The van der Waals surface area contributed by atoms with Crippen LogP contribution in [0.3, 0.4) is 0 Å². The van der Waals surface area contributed by atoms with Gasteiger partial charge in [0.15, 0.2) is 0 Å². The lowest BCUT2D eigenvalue weighted by atomic mass is 9.93. The van der Waals surface area contributed by atoms with Crippen molar-refractivity contribution in [1.82, 2.24) is 15.3 Å². The number of carbonyl (C=O) groups excluding carboxylic acids is 1. The molecule has 0 spiro atoms. The standard InChI is InChI=1S/C15H18N4O/c1-2-15(6-3-7-18-15)14(20)19-11-4-5-12-13(10-11)17-9-8-16-12/h4-5,8-10,18H,2-3,6-7H2,1H3,(H,19,20). The van der Waals surface area contributed by atoms with Gasteiger partial charge in [-0.15, -0.1) is 0 Å². The molecular formula is C15H18N4O. The molecule has 1 aliphatic rings. The lowest BCUT2D eigenvalue weighted by molar-refractivity contribution is -0.122. The third-order valence-corrected chi connectivity index (χ3v) is 4.01. The van der Waals surface area contributed by atoms with Crippen molar-refractivity contribution in [3.05, 3.63) is 30.6 Å². The van der Waals surface area contributed by atoms with Gasteiger partial charge in [-0.3, -0.25) is 14.8 Å². The molecule has 1 aliphatic heterocycles. The number of carbonyl (C=O) groups is 1. The van der Waals surface area contributed by atoms with Gasteiger partial charge in [0.25, 0.3) is 0 Å². The molecule has 0 saturated carbocycles. The summed E-state index contributed by atoms with van der Waals surface area (Å²) in [6.07, 6.45) is 6.05. The lowest BCUT2D eigenvalue weighted by Crippen LogP contribution is -2.50. The van der Waals surface area contributed by atoms with E-state index in [1.54, 1.807) is 12.4 Å². The zero-order chi connectivity index (χ0) is 14.0. The van der Waals surface area contributed by atoms with Crippen LogP contribution in [0.15, 0.2) is 30.6 Å². The van der Waals surface area contributed by atoms with Gasteiger partial charge in [-0.1, -0.05) is 6.92 Å². The van der Waals surface area contributed by atoms with Gasteiger partial charge in [0.2, 0.25) is 5.91 Å². The molecule has 1 atom stereocenters. The fraction of sp³-hybridized carbons (Fsp3) is 0.400. The van der Waals surface area contributed by atoms with Gasteiger partial charge in [0.1, 0.15) is 0 Å². The number of hydrogen-bond acceptors (Lipinski definition) is 4. The van der Waals surface area contributed by atoms with E-state index in [1.165, 1.54) is 0 Å². The molecule has 0 bridgehead atoms. The fourth-order valence-electron chi connectivity index (χ4n) is 2.75. The molecule has 1 amide bonds. The van der Waals surface area contributed by atoms with Crippen LogP contribution < -0.4 is 10.6 Å². The summed E-state index contributed by atoms with van der Waals surface area (Å²) in [7, 11) is 0. The van der Waals surface area contributed by atoms with E-state index in [2.05, 4.69) is 20.6 Å². The molecule has 1 fully saturated rings. The average Bonchev–Trinajstić information content (AvgIpc) is 2.97. The predicted molar refractivity (Wildman–Crippen MR) is 78.4 cm³/mol. The van der Waals surface area contributed by atoms with Crippen LogP contribution in [0.4, 0.5) is 5.69 Å². The molecule has 20 heavy (non-hydrogen) atoms. The molecule has 1 aromatic carbocycles. The normalized spacial score (nSPS) is 22.1. The first-order chi connectivity index (χ1) is 9.73. The molecule has 1 aromatic heterocycles. The maximum atomic E-state index is 12.5. The van der Waals surface area contributed by atoms with E-state index in [4.69, 9.17) is 0 Å². The largest absolute Gasteiger partial charge is 0.324 e. The average molecular weight is 270 g/mol. The lowest BCUT2D eigenvalue weighted by Gasteiger charge is -2.26. The number of benzene rings is 1. The number of anilines is 1. The minimum atomic E-state index is -0.419. The summed E-state index contributed by atoms with van der Waals surface area (Å²) in [5, 5.41) is 6.34. The van der Waals surface area contributed by atoms with Crippen molar-refractivity contribution in [3.63, 3.8) is 0 Å². The highest BCUT2D eigenvalue weighted by molar-refractivity contribution is 5.99. The highest BCUT2D eigenvalue weighted by atomic mass is 16.2. The SMILES string of the molecule is CCC1(C(=O)Nc2ccc3nccnc3c2)CCCN1. The number of hydrogen-bond donors (Lipinski definition) is 2. The van der Waals surface area contributed by atoms with E-state index in [1.807, 2.05) is 25.1 Å². The first-order valence-corrected chi connectivity index (χ1v) is 7.01. The summed E-state index contributed by atoms with van der Waals surface area (Å²) in [5.74, 6) is 0.0424. The van der Waals surface area contributed by atoms with Crippen LogP contribution in [0, 0.1) is 0 Å². The minimum Gasteiger partial charge on any atom is -0.324 e. The van der Waals surface area contributed by atoms with Gasteiger partial charge in [0, 0.05) is 18.1 Å². The zero-order valence-electron chi connectivity index (χ0n) is 11.5. The van der Waals surface area contributed by atoms with Crippen LogP contribution in [-0.2, 0) is 4.79 Å². The van der Waals surface area contributed by atoms with Gasteiger partial charge < -0.3 is 10.6 Å². The molecule has 2 heterocycles. The van der Waals surface area contributed by atoms with Gasteiger partial charge in [-0.2, -0.15) is 0 Å². The highest BCUT2D eigenvalue weighted by Crippen LogP contribution is 2.25. The van der Waals surface area contributed by atoms with Crippen molar-refractivity contribution in [2.24, 2.45) is 0 Å². The molecule has 0 aliphatic carbocycles. The van der Waals surface area contributed by atoms with E-state index in [0.717, 1.165) is 42.5 Å². The summed E-state index contributed by atoms with van der Waals surface area (Å²) in [4.78, 5) is 21.0. The molecule has 104 valence electrons. The predicted octanol–water partition coefficient (Wildman–Crippen LogP) is 2.10. The van der Waals surface area contributed by atoms with Crippen LogP contribution >= 0.6 is 0 Å². The Morgan fingerprint density at radius 3 is 2.85 bits per heavy atom.